The van der Waals surface area contributed by atoms with Crippen molar-refractivity contribution in [2.75, 3.05) is 19.0 Å². The molecule has 0 bridgehead atoms. The van der Waals surface area contributed by atoms with E-state index >= 15 is 0 Å². The van der Waals surface area contributed by atoms with Gasteiger partial charge in [0.2, 0.25) is 0 Å². The molecule has 4 rings (SSSR count). The summed E-state index contributed by atoms with van der Waals surface area (Å²) in [4.78, 5) is 22.3. The molecule has 4 aromatic rings. The largest absolute Gasteiger partial charge is 0.495 e. The fourth-order valence-electron chi connectivity index (χ4n) is 3.50. The number of rotatable bonds is 7. The van der Waals surface area contributed by atoms with Gasteiger partial charge in [0.1, 0.15) is 22.8 Å². The molecule has 0 aliphatic heterocycles. The van der Waals surface area contributed by atoms with Crippen molar-refractivity contribution in [3.8, 4) is 16.3 Å². The average molecular weight is 474 g/mol. The quantitative estimate of drug-likeness (QED) is 0.340. The molecule has 0 spiro atoms. The number of carbonyl (C=O) groups is 1. The number of nitrogens with one attached hydrogen (secondary N) is 1. The third kappa shape index (κ3) is 4.23. The summed E-state index contributed by atoms with van der Waals surface area (Å²) in [7, 11) is 1.67. The Balaban J connectivity index is 1.53. The minimum Gasteiger partial charge on any atom is -0.495 e. The second-order valence-electron chi connectivity index (χ2n) is 6.98. The summed E-state index contributed by atoms with van der Waals surface area (Å²) in [5.41, 5.74) is 2.63. The lowest BCUT2D eigenvalue weighted by atomic mass is 10.1. The maximum atomic E-state index is 11.3. The SMILES string of the molecule is COc1ccc(Cl)c2c(CCNc3cc(-c4cc(C)c(C(=O)O)s4)ncn3)c(C)sc12. The molecule has 0 atom stereocenters. The molecule has 0 fully saturated rings. The molecule has 0 saturated heterocycles. The smallest absolute Gasteiger partial charge is 0.346 e. The van der Waals surface area contributed by atoms with Crippen LogP contribution >= 0.6 is 34.3 Å². The Hall–Kier alpha value is -2.68. The van der Waals surface area contributed by atoms with E-state index in [0.29, 0.717) is 22.9 Å². The zero-order valence-corrected chi connectivity index (χ0v) is 19.5. The lowest BCUT2D eigenvalue weighted by Crippen LogP contribution is -2.07. The van der Waals surface area contributed by atoms with Gasteiger partial charge in [-0.2, -0.15) is 0 Å². The van der Waals surface area contributed by atoms with Crippen LogP contribution in [0.15, 0.2) is 30.6 Å². The van der Waals surface area contributed by atoms with E-state index in [1.165, 1.54) is 28.1 Å². The van der Waals surface area contributed by atoms with Gasteiger partial charge < -0.3 is 15.2 Å². The van der Waals surface area contributed by atoms with E-state index in [9.17, 15) is 9.90 Å². The van der Waals surface area contributed by atoms with E-state index in [2.05, 4.69) is 22.2 Å². The van der Waals surface area contributed by atoms with Crippen molar-refractivity contribution in [3.05, 3.63) is 56.5 Å². The van der Waals surface area contributed by atoms with Crippen molar-refractivity contribution in [1.29, 1.82) is 0 Å². The zero-order valence-electron chi connectivity index (χ0n) is 17.2. The first-order chi connectivity index (χ1) is 14.9. The lowest BCUT2D eigenvalue weighted by molar-refractivity contribution is 0.0701. The van der Waals surface area contributed by atoms with Crippen molar-refractivity contribution in [3.63, 3.8) is 0 Å². The molecule has 0 amide bonds. The standard InChI is InChI=1S/C22H20ClN3O3S2/c1-11-8-17(31-20(11)22(27)28)15-9-18(26-10-25-15)24-7-6-13-12(2)30-21-16(29-3)5-4-14(23)19(13)21/h4-5,8-10H,6-7H2,1-3H3,(H,27,28)(H,24,25,26). The Bertz CT molecular complexity index is 1280. The Morgan fingerprint density at radius 2 is 2.03 bits per heavy atom. The highest BCUT2D eigenvalue weighted by Gasteiger charge is 2.17. The van der Waals surface area contributed by atoms with Gasteiger partial charge in [0.25, 0.3) is 0 Å². The molecular formula is C22H20ClN3O3S2. The van der Waals surface area contributed by atoms with E-state index in [4.69, 9.17) is 16.3 Å². The molecule has 0 saturated carbocycles. The van der Waals surface area contributed by atoms with Gasteiger partial charge in [-0.1, -0.05) is 11.6 Å². The van der Waals surface area contributed by atoms with Crippen molar-refractivity contribution in [2.24, 2.45) is 0 Å². The summed E-state index contributed by atoms with van der Waals surface area (Å²) < 4.78 is 6.55. The van der Waals surface area contributed by atoms with Crippen molar-refractivity contribution in [2.45, 2.75) is 20.3 Å². The molecule has 0 unspecified atom stereocenters. The number of carboxylic acid groups (broad SMARTS) is 1. The summed E-state index contributed by atoms with van der Waals surface area (Å²) in [5.74, 6) is 0.600. The Labute approximate surface area is 192 Å². The number of ether oxygens (including phenoxy) is 1. The molecule has 9 heteroatoms. The number of aryl methyl sites for hydroxylation is 2. The minimum atomic E-state index is -0.921. The Kier molecular flexibility index (Phi) is 6.13. The average Bonchev–Trinajstić information content (AvgIpc) is 3.29. The maximum Gasteiger partial charge on any atom is 0.346 e. The summed E-state index contributed by atoms with van der Waals surface area (Å²) in [6, 6.07) is 7.45. The van der Waals surface area contributed by atoms with Crippen LogP contribution < -0.4 is 10.1 Å². The van der Waals surface area contributed by atoms with E-state index in [1.54, 1.807) is 25.4 Å². The first-order valence-corrected chi connectivity index (χ1v) is 11.5. The van der Waals surface area contributed by atoms with Crippen molar-refractivity contribution in [1.82, 2.24) is 9.97 Å². The van der Waals surface area contributed by atoms with E-state index in [0.717, 1.165) is 37.7 Å². The van der Waals surface area contributed by atoms with E-state index in [-0.39, 0.29) is 0 Å². The molecule has 2 N–H and O–H groups in total. The second kappa shape index (κ2) is 8.82. The van der Waals surface area contributed by atoms with Gasteiger partial charge in [-0.05, 0) is 49.6 Å². The molecule has 31 heavy (non-hydrogen) atoms. The minimum absolute atomic E-state index is 0.329. The highest BCUT2D eigenvalue weighted by Crippen LogP contribution is 2.41. The fourth-order valence-corrected chi connectivity index (χ4v) is 6.03. The monoisotopic (exact) mass is 473 g/mol. The zero-order chi connectivity index (χ0) is 22.1. The number of benzene rings is 1. The fraction of sp³-hybridized carbons (Fsp3) is 0.227. The molecule has 160 valence electrons. The summed E-state index contributed by atoms with van der Waals surface area (Å²) in [6.45, 7) is 4.55. The molecule has 3 heterocycles. The van der Waals surface area contributed by atoms with Crippen LogP contribution in [0.1, 0.15) is 25.7 Å². The van der Waals surface area contributed by atoms with Crippen LogP contribution in [0.4, 0.5) is 5.82 Å². The number of fused-ring (bicyclic) bond motifs is 1. The highest BCUT2D eigenvalue weighted by atomic mass is 35.5. The predicted molar refractivity (Wildman–Crippen MR) is 127 cm³/mol. The van der Waals surface area contributed by atoms with Crippen LogP contribution in [-0.2, 0) is 6.42 Å². The van der Waals surface area contributed by atoms with Crippen LogP contribution in [0, 0.1) is 13.8 Å². The van der Waals surface area contributed by atoms with Gasteiger partial charge in [0.05, 0.1) is 22.4 Å². The van der Waals surface area contributed by atoms with Gasteiger partial charge >= 0.3 is 5.97 Å². The summed E-state index contributed by atoms with van der Waals surface area (Å²) in [6.07, 6.45) is 2.26. The second-order valence-corrected chi connectivity index (χ2v) is 9.67. The van der Waals surface area contributed by atoms with Gasteiger partial charge in [0, 0.05) is 27.9 Å². The number of aromatic nitrogens is 2. The molecule has 6 nitrogen and oxygen atoms in total. The number of halogens is 1. The third-order valence-corrected chi connectivity index (χ3v) is 7.71. The third-order valence-electron chi connectivity index (χ3n) is 4.99. The topological polar surface area (TPSA) is 84.3 Å². The number of aromatic carboxylic acids is 1. The van der Waals surface area contributed by atoms with Gasteiger partial charge in [-0.25, -0.2) is 14.8 Å². The van der Waals surface area contributed by atoms with Crippen LogP contribution in [0.25, 0.3) is 20.7 Å². The summed E-state index contributed by atoms with van der Waals surface area (Å²) in [5, 5.41) is 14.4. The number of thiophene rings is 2. The first-order valence-electron chi connectivity index (χ1n) is 9.53. The number of methoxy groups -OCH3 is 1. The molecule has 0 radical (unpaired) electrons. The molecule has 1 aromatic carbocycles. The normalized spacial score (nSPS) is 11.1. The van der Waals surface area contributed by atoms with Crippen LogP contribution in [0.2, 0.25) is 5.02 Å². The lowest BCUT2D eigenvalue weighted by Gasteiger charge is -2.08. The number of nitrogens with zero attached hydrogens (tertiary/aromatic N) is 2. The number of hydrogen-bond acceptors (Lipinski definition) is 7. The number of hydrogen-bond donors (Lipinski definition) is 2. The molecular weight excluding hydrogens is 454 g/mol. The van der Waals surface area contributed by atoms with Crippen molar-refractivity contribution < 1.29 is 14.6 Å². The molecule has 3 aromatic heterocycles. The van der Waals surface area contributed by atoms with E-state index < -0.39 is 5.97 Å². The first kappa shape index (κ1) is 21.5. The van der Waals surface area contributed by atoms with E-state index in [1.807, 2.05) is 24.3 Å². The van der Waals surface area contributed by atoms with Gasteiger partial charge in [-0.3, -0.25) is 0 Å². The van der Waals surface area contributed by atoms with Crippen LogP contribution in [-0.4, -0.2) is 34.7 Å². The molecule has 0 aliphatic rings. The highest BCUT2D eigenvalue weighted by molar-refractivity contribution is 7.19. The summed E-state index contributed by atoms with van der Waals surface area (Å²) >= 11 is 9.40. The molecule has 0 aliphatic carbocycles. The maximum absolute atomic E-state index is 11.3. The number of carboxylic acids is 1. The van der Waals surface area contributed by atoms with Crippen LogP contribution in [0.3, 0.4) is 0 Å². The van der Waals surface area contributed by atoms with Crippen LogP contribution in [0.5, 0.6) is 5.75 Å². The Morgan fingerprint density at radius 3 is 2.74 bits per heavy atom. The van der Waals surface area contributed by atoms with Gasteiger partial charge in [0.15, 0.2) is 0 Å². The van der Waals surface area contributed by atoms with Crippen molar-refractivity contribution >= 4 is 56.1 Å². The Morgan fingerprint density at radius 1 is 1.23 bits per heavy atom. The number of anilines is 1. The predicted octanol–water partition coefficient (Wildman–Crippen LogP) is 6.05. The van der Waals surface area contributed by atoms with Gasteiger partial charge in [-0.15, -0.1) is 22.7 Å².